The molecule has 0 aromatic carbocycles. The van der Waals surface area contributed by atoms with Crippen molar-refractivity contribution in [2.24, 2.45) is 0 Å². The lowest BCUT2D eigenvalue weighted by Gasteiger charge is -2.22. The first-order valence-electron chi connectivity index (χ1n) is 6.29. The molecule has 104 valence electrons. The second-order valence-corrected chi connectivity index (χ2v) is 5.42. The van der Waals surface area contributed by atoms with Gasteiger partial charge in [-0.05, 0) is 19.6 Å². The van der Waals surface area contributed by atoms with E-state index in [-0.39, 0.29) is 17.9 Å². The maximum absolute atomic E-state index is 9.34. The average molecular weight is 281 g/mol. The lowest BCUT2D eigenvalue weighted by Crippen LogP contribution is -2.31. The Hall–Kier alpha value is -1.34. The highest BCUT2D eigenvalue weighted by atomic mass is 32.2. The van der Waals surface area contributed by atoms with E-state index < -0.39 is 0 Å². The summed E-state index contributed by atoms with van der Waals surface area (Å²) in [4.78, 5) is 8.53. The summed E-state index contributed by atoms with van der Waals surface area (Å²) < 4.78 is 1.68. The van der Waals surface area contributed by atoms with Crippen molar-refractivity contribution >= 4 is 23.4 Å². The monoisotopic (exact) mass is 281 g/mol. The van der Waals surface area contributed by atoms with Crippen molar-refractivity contribution in [3.05, 3.63) is 18.1 Å². The van der Waals surface area contributed by atoms with Gasteiger partial charge in [-0.15, -0.1) is 0 Å². The minimum absolute atomic E-state index is 0.125. The molecule has 2 atom stereocenters. The van der Waals surface area contributed by atoms with E-state index in [1.54, 1.807) is 16.3 Å². The first kappa shape index (κ1) is 14.1. The molecule has 19 heavy (non-hydrogen) atoms. The molecular weight excluding hydrogens is 262 g/mol. The maximum atomic E-state index is 9.34. The zero-order chi connectivity index (χ0) is 13.8. The number of aliphatic hydroxyl groups excluding tert-OH is 1. The first-order valence-corrected chi connectivity index (χ1v) is 7.58. The molecule has 6 nitrogen and oxygen atoms in total. The molecule has 0 aliphatic rings. The van der Waals surface area contributed by atoms with Gasteiger partial charge in [-0.2, -0.15) is 26.4 Å². The van der Waals surface area contributed by atoms with E-state index in [1.165, 1.54) is 6.33 Å². The first-order chi connectivity index (χ1) is 9.19. The summed E-state index contributed by atoms with van der Waals surface area (Å²) in [5.41, 5.74) is 0.972. The molecule has 0 aliphatic carbocycles. The summed E-state index contributed by atoms with van der Waals surface area (Å²) in [6.07, 6.45) is 4.34. The number of fused-ring (bicyclic) bond motifs is 1. The van der Waals surface area contributed by atoms with Crippen molar-refractivity contribution in [3.63, 3.8) is 0 Å². The molecule has 0 bridgehead atoms. The summed E-state index contributed by atoms with van der Waals surface area (Å²) in [6.45, 7) is 4.24. The van der Waals surface area contributed by atoms with Crippen LogP contribution in [0.1, 0.15) is 19.5 Å². The Balaban J connectivity index is 2.30. The summed E-state index contributed by atoms with van der Waals surface area (Å²) in [7, 11) is 0. The molecule has 0 saturated carbocycles. The van der Waals surface area contributed by atoms with Gasteiger partial charge in [0.15, 0.2) is 0 Å². The van der Waals surface area contributed by atoms with Gasteiger partial charge in [0.05, 0.1) is 6.61 Å². The van der Waals surface area contributed by atoms with E-state index in [2.05, 4.69) is 27.3 Å². The lowest BCUT2D eigenvalue weighted by molar-refractivity contribution is 0.288. The van der Waals surface area contributed by atoms with Crippen LogP contribution >= 0.6 is 11.8 Å². The molecule has 2 N–H and O–H groups in total. The van der Waals surface area contributed by atoms with Crippen molar-refractivity contribution in [1.82, 2.24) is 19.6 Å². The van der Waals surface area contributed by atoms with Crippen LogP contribution in [-0.4, -0.2) is 48.8 Å². The number of anilines is 1. The van der Waals surface area contributed by atoms with E-state index >= 15 is 0 Å². The Kier molecular flexibility index (Phi) is 4.60. The molecule has 0 aliphatic heterocycles. The van der Waals surface area contributed by atoms with Crippen LogP contribution in [0.5, 0.6) is 0 Å². The molecule has 2 unspecified atom stereocenters. The van der Waals surface area contributed by atoms with Gasteiger partial charge in [-0.3, -0.25) is 0 Å². The zero-order valence-corrected chi connectivity index (χ0v) is 12.2. The van der Waals surface area contributed by atoms with Gasteiger partial charge in [-0.1, -0.05) is 6.92 Å². The maximum Gasteiger partial charge on any atom is 0.254 e. The lowest BCUT2D eigenvalue weighted by atomic mass is 10.2. The summed E-state index contributed by atoms with van der Waals surface area (Å²) in [5, 5.41) is 17.0. The van der Waals surface area contributed by atoms with Gasteiger partial charge in [0.25, 0.3) is 5.78 Å². The Bertz CT molecular complexity index is 540. The van der Waals surface area contributed by atoms with E-state index in [4.69, 9.17) is 0 Å². The second-order valence-electron chi connectivity index (χ2n) is 4.35. The third-order valence-corrected chi connectivity index (χ3v) is 4.25. The zero-order valence-electron chi connectivity index (χ0n) is 11.4. The molecule has 2 aromatic heterocycles. The molecule has 7 heteroatoms. The molecule has 2 rings (SSSR count). The Morgan fingerprint density at radius 1 is 1.53 bits per heavy atom. The van der Waals surface area contributed by atoms with E-state index in [9.17, 15) is 5.11 Å². The van der Waals surface area contributed by atoms with Crippen molar-refractivity contribution in [2.45, 2.75) is 31.6 Å². The van der Waals surface area contributed by atoms with Crippen molar-refractivity contribution in [1.29, 1.82) is 0 Å². The van der Waals surface area contributed by atoms with Crippen molar-refractivity contribution in [2.75, 3.05) is 18.2 Å². The fraction of sp³-hybridized carbons (Fsp3) is 0.583. The second kappa shape index (κ2) is 6.21. The number of hydrogen-bond donors (Lipinski definition) is 2. The van der Waals surface area contributed by atoms with Crippen LogP contribution in [0.3, 0.4) is 0 Å². The quantitative estimate of drug-likeness (QED) is 0.829. The number of nitrogens with one attached hydrogen (secondary N) is 1. The summed E-state index contributed by atoms with van der Waals surface area (Å²) in [5.74, 6) is 1.46. The average Bonchev–Trinajstić information content (AvgIpc) is 2.88. The highest BCUT2D eigenvalue weighted by molar-refractivity contribution is 7.99. The highest BCUT2D eigenvalue weighted by Crippen LogP contribution is 2.17. The van der Waals surface area contributed by atoms with Gasteiger partial charge in [0.1, 0.15) is 12.1 Å². The van der Waals surface area contributed by atoms with Crippen LogP contribution in [-0.2, 0) is 6.42 Å². The number of rotatable bonds is 6. The van der Waals surface area contributed by atoms with Crippen molar-refractivity contribution in [3.8, 4) is 0 Å². The van der Waals surface area contributed by atoms with Crippen LogP contribution in [0, 0.1) is 0 Å². The van der Waals surface area contributed by atoms with Crippen molar-refractivity contribution < 1.29 is 5.11 Å². The molecule has 0 radical (unpaired) electrons. The Morgan fingerprint density at radius 2 is 2.32 bits per heavy atom. The number of aryl methyl sites for hydroxylation is 1. The van der Waals surface area contributed by atoms with Crippen LogP contribution in [0.25, 0.3) is 5.78 Å². The van der Waals surface area contributed by atoms with E-state index in [0.717, 1.165) is 17.9 Å². The normalized spacial score (nSPS) is 14.5. The fourth-order valence-electron chi connectivity index (χ4n) is 1.91. The minimum Gasteiger partial charge on any atom is -0.395 e. The SMILES string of the molecule is CCc1cc(NC(C)C(CO)SC)n2ncnc2n1. The van der Waals surface area contributed by atoms with Gasteiger partial charge in [0.2, 0.25) is 0 Å². The Morgan fingerprint density at radius 3 is 2.95 bits per heavy atom. The minimum atomic E-state index is 0.125. The summed E-state index contributed by atoms with van der Waals surface area (Å²) >= 11 is 1.64. The molecule has 0 fully saturated rings. The van der Waals surface area contributed by atoms with Crippen LogP contribution in [0.15, 0.2) is 12.4 Å². The van der Waals surface area contributed by atoms with Crippen LogP contribution in [0.2, 0.25) is 0 Å². The third kappa shape index (κ3) is 2.98. The molecule has 0 saturated heterocycles. The van der Waals surface area contributed by atoms with Gasteiger partial charge in [-0.25, -0.2) is 4.98 Å². The van der Waals surface area contributed by atoms with Gasteiger partial charge in [0, 0.05) is 23.1 Å². The summed E-state index contributed by atoms with van der Waals surface area (Å²) in [6, 6.07) is 2.10. The smallest absolute Gasteiger partial charge is 0.254 e. The fourth-order valence-corrected chi connectivity index (χ4v) is 2.53. The third-order valence-electron chi connectivity index (χ3n) is 3.08. The molecular formula is C12H19N5OS. The number of nitrogens with zero attached hydrogens (tertiary/aromatic N) is 4. The number of aliphatic hydroxyl groups is 1. The van der Waals surface area contributed by atoms with E-state index in [0.29, 0.717) is 5.78 Å². The molecule has 2 heterocycles. The Labute approximate surface area is 116 Å². The highest BCUT2D eigenvalue weighted by Gasteiger charge is 2.17. The predicted octanol–water partition coefficient (Wildman–Crippen LogP) is 1.21. The number of thioether (sulfide) groups is 1. The van der Waals surface area contributed by atoms with Gasteiger partial charge < -0.3 is 10.4 Å². The van der Waals surface area contributed by atoms with Crippen LogP contribution < -0.4 is 5.32 Å². The van der Waals surface area contributed by atoms with E-state index in [1.807, 2.05) is 19.2 Å². The topological polar surface area (TPSA) is 75.3 Å². The number of aromatic nitrogens is 4. The molecule has 0 spiro atoms. The number of hydrogen-bond acceptors (Lipinski definition) is 6. The largest absolute Gasteiger partial charge is 0.395 e. The van der Waals surface area contributed by atoms with Crippen LogP contribution in [0.4, 0.5) is 5.82 Å². The molecule has 0 amide bonds. The molecule has 2 aromatic rings. The van der Waals surface area contributed by atoms with Gasteiger partial charge >= 0.3 is 0 Å². The predicted molar refractivity (Wildman–Crippen MR) is 77.6 cm³/mol. The standard InChI is InChI=1S/C12H19N5OS/c1-4-9-5-11(15-8(2)10(6-18)19-3)17-12(16-9)13-7-14-17/h5,7-8,10,15,18H,4,6H2,1-3H3.